The Morgan fingerprint density at radius 3 is 2.84 bits per heavy atom. The SMILES string of the molecule is CC(NC1CCc2sc(Cl)cc21)C(=O)NC(C)(C)C. The standard InChI is InChI=1S/C14H21ClN2OS/c1-8(13(18)17-14(2,3)4)16-10-5-6-11-9(10)7-12(15)19-11/h7-8,10,16H,5-6H2,1-4H3,(H,17,18). The van der Waals surface area contributed by atoms with Crippen LogP contribution in [0.2, 0.25) is 4.34 Å². The number of aryl methyl sites for hydroxylation is 1. The molecule has 5 heteroatoms. The first-order chi connectivity index (χ1) is 8.76. The third-order valence-electron chi connectivity index (χ3n) is 3.19. The van der Waals surface area contributed by atoms with Gasteiger partial charge < -0.3 is 5.32 Å². The molecule has 0 spiro atoms. The van der Waals surface area contributed by atoms with Crippen molar-refractivity contribution in [1.29, 1.82) is 0 Å². The summed E-state index contributed by atoms with van der Waals surface area (Å²) >= 11 is 7.69. The number of halogens is 1. The molecule has 106 valence electrons. The predicted molar refractivity (Wildman–Crippen MR) is 80.9 cm³/mol. The highest BCUT2D eigenvalue weighted by Crippen LogP contribution is 2.39. The van der Waals surface area contributed by atoms with Crippen LogP contribution in [-0.4, -0.2) is 17.5 Å². The zero-order valence-electron chi connectivity index (χ0n) is 11.8. The van der Waals surface area contributed by atoms with Crippen LogP contribution in [0.4, 0.5) is 0 Å². The number of carbonyl (C=O) groups excluding carboxylic acids is 1. The van der Waals surface area contributed by atoms with Crippen LogP contribution in [-0.2, 0) is 11.2 Å². The van der Waals surface area contributed by atoms with Gasteiger partial charge in [-0.05, 0) is 52.2 Å². The number of thiophene rings is 1. The van der Waals surface area contributed by atoms with Gasteiger partial charge >= 0.3 is 0 Å². The second kappa shape index (κ2) is 5.43. The molecule has 19 heavy (non-hydrogen) atoms. The zero-order chi connectivity index (χ0) is 14.2. The average molecular weight is 301 g/mol. The van der Waals surface area contributed by atoms with Crippen molar-refractivity contribution in [3.8, 4) is 0 Å². The number of amides is 1. The maximum Gasteiger partial charge on any atom is 0.237 e. The molecule has 1 amide bonds. The van der Waals surface area contributed by atoms with E-state index in [0.717, 1.165) is 17.2 Å². The lowest BCUT2D eigenvalue weighted by atomic mass is 10.1. The van der Waals surface area contributed by atoms with E-state index in [4.69, 9.17) is 11.6 Å². The topological polar surface area (TPSA) is 41.1 Å². The van der Waals surface area contributed by atoms with Crippen LogP contribution in [0.15, 0.2) is 6.07 Å². The van der Waals surface area contributed by atoms with E-state index in [9.17, 15) is 4.79 Å². The molecule has 1 aromatic heterocycles. The van der Waals surface area contributed by atoms with Crippen molar-refractivity contribution in [1.82, 2.24) is 10.6 Å². The smallest absolute Gasteiger partial charge is 0.237 e. The van der Waals surface area contributed by atoms with Gasteiger partial charge in [-0.2, -0.15) is 0 Å². The van der Waals surface area contributed by atoms with Crippen molar-refractivity contribution in [3.05, 3.63) is 20.8 Å². The monoisotopic (exact) mass is 300 g/mol. The molecular weight excluding hydrogens is 280 g/mol. The van der Waals surface area contributed by atoms with Crippen LogP contribution >= 0.6 is 22.9 Å². The van der Waals surface area contributed by atoms with E-state index in [1.807, 2.05) is 33.8 Å². The molecule has 3 nitrogen and oxygen atoms in total. The Bertz CT molecular complexity index is 478. The summed E-state index contributed by atoms with van der Waals surface area (Å²) in [5.41, 5.74) is 1.07. The highest BCUT2D eigenvalue weighted by atomic mass is 35.5. The van der Waals surface area contributed by atoms with Gasteiger partial charge in [-0.1, -0.05) is 11.6 Å². The Morgan fingerprint density at radius 1 is 1.53 bits per heavy atom. The van der Waals surface area contributed by atoms with Crippen LogP contribution < -0.4 is 10.6 Å². The van der Waals surface area contributed by atoms with Crippen molar-refractivity contribution in [3.63, 3.8) is 0 Å². The largest absolute Gasteiger partial charge is 0.350 e. The Hall–Kier alpha value is -0.580. The van der Waals surface area contributed by atoms with Crippen molar-refractivity contribution >= 4 is 28.8 Å². The van der Waals surface area contributed by atoms with Crippen molar-refractivity contribution in [2.75, 3.05) is 0 Å². The number of carbonyl (C=O) groups is 1. The van der Waals surface area contributed by atoms with Gasteiger partial charge in [-0.3, -0.25) is 10.1 Å². The molecule has 0 fully saturated rings. The van der Waals surface area contributed by atoms with E-state index in [1.54, 1.807) is 11.3 Å². The molecule has 2 N–H and O–H groups in total. The first kappa shape index (κ1) is 14.8. The predicted octanol–water partition coefficient (Wildman–Crippen LogP) is 3.28. The molecule has 0 radical (unpaired) electrons. The summed E-state index contributed by atoms with van der Waals surface area (Å²) in [6.07, 6.45) is 2.10. The summed E-state index contributed by atoms with van der Waals surface area (Å²) in [5, 5.41) is 6.40. The van der Waals surface area contributed by atoms with Gasteiger partial charge in [0.25, 0.3) is 0 Å². The van der Waals surface area contributed by atoms with E-state index >= 15 is 0 Å². The van der Waals surface area contributed by atoms with Crippen LogP contribution in [0, 0.1) is 0 Å². The van der Waals surface area contributed by atoms with E-state index in [0.29, 0.717) is 0 Å². The Labute approximate surface area is 123 Å². The van der Waals surface area contributed by atoms with Crippen LogP contribution in [0.5, 0.6) is 0 Å². The number of hydrogen-bond acceptors (Lipinski definition) is 3. The fourth-order valence-corrected chi connectivity index (χ4v) is 3.72. The van der Waals surface area contributed by atoms with Gasteiger partial charge in [0, 0.05) is 16.5 Å². The lowest BCUT2D eigenvalue weighted by Gasteiger charge is -2.25. The van der Waals surface area contributed by atoms with E-state index in [2.05, 4.69) is 10.6 Å². The highest BCUT2D eigenvalue weighted by Gasteiger charge is 2.28. The molecule has 2 unspecified atom stereocenters. The average Bonchev–Trinajstić information content (AvgIpc) is 2.77. The normalized spacial score (nSPS) is 20.2. The number of hydrogen-bond donors (Lipinski definition) is 2. The third-order valence-corrected chi connectivity index (χ3v) is 4.53. The number of nitrogens with one attached hydrogen (secondary N) is 2. The van der Waals surface area contributed by atoms with Crippen molar-refractivity contribution < 1.29 is 4.79 Å². The summed E-state index contributed by atoms with van der Waals surface area (Å²) in [6.45, 7) is 7.88. The maximum absolute atomic E-state index is 12.1. The fraction of sp³-hybridized carbons (Fsp3) is 0.643. The number of rotatable bonds is 3. The fourth-order valence-electron chi connectivity index (χ4n) is 2.36. The van der Waals surface area contributed by atoms with Gasteiger partial charge in [-0.25, -0.2) is 0 Å². The molecule has 0 saturated carbocycles. The Kier molecular flexibility index (Phi) is 4.23. The molecule has 0 saturated heterocycles. The van der Waals surface area contributed by atoms with Crippen LogP contribution in [0.3, 0.4) is 0 Å². The van der Waals surface area contributed by atoms with Gasteiger partial charge in [0.2, 0.25) is 5.91 Å². The molecule has 1 heterocycles. The molecule has 0 aliphatic heterocycles. The van der Waals surface area contributed by atoms with Crippen LogP contribution in [0.1, 0.15) is 50.6 Å². The van der Waals surface area contributed by atoms with Gasteiger partial charge in [0.1, 0.15) is 0 Å². The molecule has 0 bridgehead atoms. The van der Waals surface area contributed by atoms with E-state index in [-0.39, 0.29) is 23.5 Å². The quantitative estimate of drug-likeness (QED) is 0.899. The van der Waals surface area contributed by atoms with E-state index in [1.165, 1.54) is 10.4 Å². The third kappa shape index (κ3) is 3.71. The molecule has 1 aliphatic carbocycles. The number of fused-ring (bicyclic) bond motifs is 1. The van der Waals surface area contributed by atoms with E-state index < -0.39 is 0 Å². The summed E-state index contributed by atoms with van der Waals surface area (Å²) in [6, 6.07) is 2.08. The first-order valence-electron chi connectivity index (χ1n) is 6.62. The Balaban J connectivity index is 1.97. The minimum atomic E-state index is -0.200. The van der Waals surface area contributed by atoms with Crippen molar-refractivity contribution in [2.45, 2.75) is 58.2 Å². The minimum absolute atomic E-state index is 0.0438. The summed E-state index contributed by atoms with van der Waals surface area (Å²) < 4.78 is 0.836. The second-order valence-electron chi connectivity index (χ2n) is 6.15. The van der Waals surface area contributed by atoms with Gasteiger partial charge in [0.05, 0.1) is 10.4 Å². The molecular formula is C14H21ClN2OS. The van der Waals surface area contributed by atoms with Gasteiger partial charge in [-0.15, -0.1) is 11.3 Å². The Morgan fingerprint density at radius 2 is 2.21 bits per heavy atom. The van der Waals surface area contributed by atoms with Crippen LogP contribution in [0.25, 0.3) is 0 Å². The highest BCUT2D eigenvalue weighted by molar-refractivity contribution is 7.16. The summed E-state index contributed by atoms with van der Waals surface area (Å²) in [4.78, 5) is 13.4. The molecule has 2 rings (SSSR count). The zero-order valence-corrected chi connectivity index (χ0v) is 13.4. The summed E-state index contributed by atoms with van der Waals surface area (Å²) in [5.74, 6) is 0.0438. The molecule has 1 aromatic rings. The van der Waals surface area contributed by atoms with Crippen molar-refractivity contribution in [2.24, 2.45) is 0 Å². The lowest BCUT2D eigenvalue weighted by Crippen LogP contribution is -2.50. The van der Waals surface area contributed by atoms with Gasteiger partial charge in [0.15, 0.2) is 0 Å². The lowest BCUT2D eigenvalue weighted by molar-refractivity contribution is -0.124. The molecule has 1 aliphatic rings. The summed E-state index contributed by atoms with van der Waals surface area (Å²) in [7, 11) is 0. The molecule has 2 atom stereocenters. The second-order valence-corrected chi connectivity index (χ2v) is 7.92. The first-order valence-corrected chi connectivity index (χ1v) is 7.82. The maximum atomic E-state index is 12.1. The minimum Gasteiger partial charge on any atom is -0.350 e. The molecule has 0 aromatic carbocycles.